The number of hydrogen-bond donors (Lipinski definition) is 3. The molecule has 0 spiro atoms. The van der Waals surface area contributed by atoms with Gasteiger partial charge in [0.2, 0.25) is 0 Å². The maximum atomic E-state index is 9.79. The molecule has 7 nitrogen and oxygen atoms in total. The van der Waals surface area contributed by atoms with E-state index in [1.54, 1.807) is 18.2 Å². The maximum absolute atomic E-state index is 9.79. The van der Waals surface area contributed by atoms with Gasteiger partial charge in [-0.2, -0.15) is 5.26 Å². The Kier molecular flexibility index (Phi) is 7.75. The van der Waals surface area contributed by atoms with Crippen molar-refractivity contribution in [3.63, 3.8) is 0 Å². The van der Waals surface area contributed by atoms with E-state index < -0.39 is 5.92 Å². The Morgan fingerprint density at radius 1 is 1.22 bits per heavy atom. The van der Waals surface area contributed by atoms with Crippen molar-refractivity contribution in [1.29, 1.82) is 5.26 Å². The number of halogens is 2. The molecule has 2 aromatic carbocycles. The van der Waals surface area contributed by atoms with Crippen LogP contribution in [-0.4, -0.2) is 34.8 Å². The van der Waals surface area contributed by atoms with Gasteiger partial charge in [0.1, 0.15) is 12.0 Å². The number of likely N-dealkylation sites (N-methyl/N-ethyl adjacent to an activating group) is 1. The summed E-state index contributed by atoms with van der Waals surface area (Å²) in [6.45, 7) is 4.92. The smallest absolute Gasteiger partial charge is 0.159 e. The van der Waals surface area contributed by atoms with Crippen molar-refractivity contribution < 1.29 is 5.11 Å². The Morgan fingerprint density at radius 2 is 1.94 bits per heavy atom. The third kappa shape index (κ3) is 5.05. The van der Waals surface area contributed by atoms with Crippen LogP contribution in [0.15, 0.2) is 42.7 Å². The number of rotatable bonds is 8. The minimum atomic E-state index is -0.528. The van der Waals surface area contributed by atoms with Crippen LogP contribution >= 0.6 is 23.2 Å². The predicted molar refractivity (Wildman–Crippen MR) is 130 cm³/mol. The average Bonchev–Trinajstić information content (AvgIpc) is 2.78. The van der Waals surface area contributed by atoms with Gasteiger partial charge in [0.25, 0.3) is 0 Å². The van der Waals surface area contributed by atoms with Gasteiger partial charge in [0, 0.05) is 28.8 Å². The number of benzene rings is 2. The lowest BCUT2D eigenvalue weighted by Gasteiger charge is -2.23. The highest BCUT2D eigenvalue weighted by molar-refractivity contribution is 6.32. The second kappa shape index (κ2) is 10.5. The zero-order chi connectivity index (χ0) is 23.3. The number of nitrogen functional groups attached to an aromatic ring is 1. The summed E-state index contributed by atoms with van der Waals surface area (Å²) < 4.78 is 0. The quantitative estimate of drug-likeness (QED) is 0.429. The molecule has 1 heterocycles. The van der Waals surface area contributed by atoms with Crippen LogP contribution in [0, 0.1) is 18.3 Å². The number of aliphatic hydroxyl groups excluding tert-OH is 1. The van der Waals surface area contributed by atoms with E-state index in [0.717, 1.165) is 11.1 Å². The summed E-state index contributed by atoms with van der Waals surface area (Å²) in [6, 6.07) is 13.1. The van der Waals surface area contributed by atoms with Gasteiger partial charge in [-0.1, -0.05) is 41.4 Å². The van der Waals surface area contributed by atoms with Crippen molar-refractivity contribution in [2.75, 3.05) is 35.6 Å². The summed E-state index contributed by atoms with van der Waals surface area (Å²) in [7, 11) is 0. The van der Waals surface area contributed by atoms with E-state index in [1.165, 1.54) is 6.33 Å². The van der Waals surface area contributed by atoms with Crippen LogP contribution in [0.5, 0.6) is 0 Å². The van der Waals surface area contributed by atoms with Crippen LogP contribution in [0.3, 0.4) is 0 Å². The average molecular weight is 471 g/mol. The Labute approximate surface area is 197 Å². The molecule has 0 saturated carbocycles. The van der Waals surface area contributed by atoms with Crippen LogP contribution in [-0.2, 0) is 0 Å². The van der Waals surface area contributed by atoms with Gasteiger partial charge < -0.3 is 21.1 Å². The van der Waals surface area contributed by atoms with Gasteiger partial charge >= 0.3 is 0 Å². The first-order valence-electron chi connectivity index (χ1n) is 10.1. The van der Waals surface area contributed by atoms with Crippen molar-refractivity contribution in [1.82, 2.24) is 9.97 Å². The predicted octanol–water partition coefficient (Wildman–Crippen LogP) is 4.89. The minimum Gasteiger partial charge on any atom is -0.395 e. The molecule has 3 rings (SSSR count). The number of aromatic nitrogens is 2. The third-order valence-electron chi connectivity index (χ3n) is 5.15. The lowest BCUT2D eigenvalue weighted by atomic mass is 9.91. The normalized spacial score (nSPS) is 11.6. The number of nitrogens with two attached hydrogens (primary N) is 1. The number of nitrogens with one attached hydrogen (secondary N) is 1. The standard InChI is InChI=1S/C23H24Cl2N6O/c1-3-31(8-9-32)23-21(27)22(28-13-29-23)30-20-11-19(25)17(10-14(20)2)18(12-26)15-4-6-16(24)7-5-15/h4-7,10-11,13,18,32H,3,8-9,27H2,1-2H3,(H,28,29,30). The molecule has 4 N–H and O–H groups in total. The van der Waals surface area contributed by atoms with Crippen molar-refractivity contribution in [3.8, 4) is 6.07 Å². The summed E-state index contributed by atoms with van der Waals surface area (Å²) in [4.78, 5) is 10.4. The summed E-state index contributed by atoms with van der Waals surface area (Å²) in [6.07, 6.45) is 1.42. The monoisotopic (exact) mass is 470 g/mol. The molecule has 1 unspecified atom stereocenters. The molecule has 1 atom stereocenters. The van der Waals surface area contributed by atoms with Gasteiger partial charge in [0.15, 0.2) is 11.6 Å². The molecule has 1 aromatic heterocycles. The highest BCUT2D eigenvalue weighted by Crippen LogP contribution is 2.36. The molecule has 0 aliphatic heterocycles. The fourth-order valence-electron chi connectivity index (χ4n) is 3.44. The molecule has 0 amide bonds. The molecule has 0 fully saturated rings. The first-order valence-corrected chi connectivity index (χ1v) is 10.8. The van der Waals surface area contributed by atoms with Gasteiger partial charge in [-0.3, -0.25) is 0 Å². The van der Waals surface area contributed by atoms with Gasteiger partial charge in [-0.25, -0.2) is 9.97 Å². The molecule has 0 aliphatic rings. The van der Waals surface area contributed by atoms with Crippen LogP contribution in [0.4, 0.5) is 23.0 Å². The molecular formula is C23H24Cl2N6O. The van der Waals surface area contributed by atoms with Crippen LogP contribution < -0.4 is 16.0 Å². The highest BCUT2D eigenvalue weighted by atomic mass is 35.5. The molecule has 32 heavy (non-hydrogen) atoms. The van der Waals surface area contributed by atoms with Crippen molar-refractivity contribution >= 4 is 46.2 Å². The molecule has 9 heteroatoms. The Balaban J connectivity index is 1.94. The fourth-order valence-corrected chi connectivity index (χ4v) is 3.84. The number of nitrogens with zero attached hydrogens (tertiary/aromatic N) is 4. The van der Waals surface area contributed by atoms with Crippen LogP contribution in [0.2, 0.25) is 10.0 Å². The van der Waals surface area contributed by atoms with Crippen molar-refractivity contribution in [2.24, 2.45) is 0 Å². The zero-order valence-corrected chi connectivity index (χ0v) is 19.3. The SMILES string of the molecule is CCN(CCO)c1ncnc(Nc2cc(Cl)c(C(C#N)c3ccc(Cl)cc3)cc2C)c1N. The summed E-state index contributed by atoms with van der Waals surface area (Å²) in [5.74, 6) is 0.458. The molecule has 3 aromatic rings. The van der Waals surface area contributed by atoms with Gasteiger partial charge in [-0.15, -0.1) is 0 Å². The van der Waals surface area contributed by atoms with E-state index in [4.69, 9.17) is 28.9 Å². The van der Waals surface area contributed by atoms with Gasteiger partial charge in [-0.05, 0) is 48.7 Å². The van der Waals surface area contributed by atoms with Gasteiger partial charge in [0.05, 0.1) is 18.6 Å². The first kappa shape index (κ1) is 23.6. The van der Waals surface area contributed by atoms with E-state index >= 15 is 0 Å². The second-order valence-electron chi connectivity index (χ2n) is 7.19. The molecular weight excluding hydrogens is 447 g/mol. The topological polar surface area (TPSA) is 111 Å². The molecule has 0 radical (unpaired) electrons. The van der Waals surface area contributed by atoms with E-state index in [9.17, 15) is 10.4 Å². The molecule has 0 saturated heterocycles. The number of aryl methyl sites for hydroxylation is 1. The zero-order valence-electron chi connectivity index (χ0n) is 17.8. The Hall–Kier alpha value is -3.05. The second-order valence-corrected chi connectivity index (χ2v) is 8.03. The van der Waals surface area contributed by atoms with Crippen LogP contribution in [0.25, 0.3) is 0 Å². The van der Waals surface area contributed by atoms with Crippen LogP contribution in [0.1, 0.15) is 29.5 Å². The lowest BCUT2D eigenvalue weighted by Crippen LogP contribution is -2.28. The number of nitriles is 1. The van der Waals surface area contributed by atoms with Crippen molar-refractivity contribution in [2.45, 2.75) is 19.8 Å². The fraction of sp³-hybridized carbons (Fsp3) is 0.261. The molecule has 0 aliphatic carbocycles. The van der Waals surface area contributed by atoms with E-state index in [-0.39, 0.29) is 6.61 Å². The summed E-state index contributed by atoms with van der Waals surface area (Å²) >= 11 is 12.6. The maximum Gasteiger partial charge on any atom is 0.159 e. The summed E-state index contributed by atoms with van der Waals surface area (Å²) in [5.41, 5.74) is 9.80. The van der Waals surface area contributed by atoms with E-state index in [2.05, 4.69) is 21.4 Å². The van der Waals surface area contributed by atoms with E-state index in [1.807, 2.05) is 36.9 Å². The Morgan fingerprint density at radius 3 is 2.56 bits per heavy atom. The third-order valence-corrected chi connectivity index (χ3v) is 5.73. The first-order chi connectivity index (χ1) is 15.4. The highest BCUT2D eigenvalue weighted by Gasteiger charge is 2.20. The van der Waals surface area contributed by atoms with Crippen molar-refractivity contribution in [3.05, 3.63) is 69.5 Å². The minimum absolute atomic E-state index is 0.0100. The number of hydrogen-bond acceptors (Lipinski definition) is 7. The summed E-state index contributed by atoms with van der Waals surface area (Å²) in [5, 5.41) is 23.4. The number of anilines is 4. The number of aliphatic hydroxyl groups is 1. The molecule has 0 bridgehead atoms. The Bertz CT molecular complexity index is 1130. The lowest BCUT2D eigenvalue weighted by molar-refractivity contribution is 0.302. The molecule has 166 valence electrons. The largest absolute Gasteiger partial charge is 0.395 e. The van der Waals surface area contributed by atoms with E-state index in [0.29, 0.717) is 51.7 Å².